The van der Waals surface area contributed by atoms with Gasteiger partial charge in [-0.05, 0) is 38.2 Å². The fourth-order valence-corrected chi connectivity index (χ4v) is 6.17. The number of carbonyl (C=O) groups is 1. The third-order valence-corrected chi connectivity index (χ3v) is 7.42. The summed E-state index contributed by atoms with van der Waals surface area (Å²) in [5.41, 5.74) is 2.29. The van der Waals surface area contributed by atoms with E-state index >= 15 is 0 Å². The standard InChI is InChI=1S/C23H30N4O/c1-16-10-4-5-11-18(16)21-24-22-26(17(2)28)20-13-7-6-12-19(20)23(27(22)25-21)14-8-3-9-15-23/h4-5,10-11,19-20H,3,6-9,12-15H2,1-2H3/t19-,20+/m1/s1. The van der Waals surface area contributed by atoms with Gasteiger partial charge in [0.1, 0.15) is 0 Å². The zero-order valence-electron chi connectivity index (χ0n) is 17.0. The van der Waals surface area contributed by atoms with Gasteiger partial charge in [0.05, 0.1) is 5.54 Å². The molecule has 5 heteroatoms. The first kappa shape index (κ1) is 17.9. The van der Waals surface area contributed by atoms with Crippen LogP contribution >= 0.6 is 0 Å². The molecule has 0 saturated heterocycles. The number of rotatable bonds is 1. The van der Waals surface area contributed by atoms with Crippen molar-refractivity contribution >= 4 is 11.9 Å². The van der Waals surface area contributed by atoms with E-state index in [0.717, 1.165) is 23.8 Å². The molecule has 0 radical (unpaired) electrons. The van der Waals surface area contributed by atoms with Crippen molar-refractivity contribution in [3.05, 3.63) is 29.8 Å². The van der Waals surface area contributed by atoms with Gasteiger partial charge in [-0.1, -0.05) is 56.4 Å². The second-order valence-electron chi connectivity index (χ2n) is 8.97. The molecule has 2 aromatic rings. The van der Waals surface area contributed by atoms with Crippen molar-refractivity contribution in [2.75, 3.05) is 4.90 Å². The van der Waals surface area contributed by atoms with E-state index in [4.69, 9.17) is 10.1 Å². The van der Waals surface area contributed by atoms with Gasteiger partial charge in [0.2, 0.25) is 11.9 Å². The van der Waals surface area contributed by atoms with Crippen LogP contribution in [0.2, 0.25) is 0 Å². The molecule has 0 bridgehead atoms. The van der Waals surface area contributed by atoms with Crippen molar-refractivity contribution in [2.45, 2.75) is 83.2 Å². The summed E-state index contributed by atoms with van der Waals surface area (Å²) in [5, 5.41) is 5.09. The van der Waals surface area contributed by atoms with Crippen molar-refractivity contribution in [3.63, 3.8) is 0 Å². The quantitative estimate of drug-likeness (QED) is 0.713. The molecule has 5 nitrogen and oxygen atoms in total. The molecule has 1 aliphatic heterocycles. The van der Waals surface area contributed by atoms with Gasteiger partial charge in [-0.15, -0.1) is 5.10 Å². The zero-order chi connectivity index (χ0) is 19.3. The Morgan fingerprint density at radius 1 is 1.07 bits per heavy atom. The van der Waals surface area contributed by atoms with Crippen molar-refractivity contribution in [1.82, 2.24) is 14.8 Å². The van der Waals surface area contributed by atoms with Gasteiger partial charge in [-0.25, -0.2) is 4.68 Å². The number of hydrogen-bond donors (Lipinski definition) is 0. The van der Waals surface area contributed by atoms with Gasteiger partial charge >= 0.3 is 0 Å². The lowest BCUT2D eigenvalue weighted by Gasteiger charge is -2.55. The molecule has 1 aromatic heterocycles. The molecule has 2 fully saturated rings. The zero-order valence-corrected chi connectivity index (χ0v) is 17.0. The maximum absolute atomic E-state index is 12.7. The van der Waals surface area contributed by atoms with Crippen LogP contribution in [0.3, 0.4) is 0 Å². The molecule has 2 aliphatic carbocycles. The highest BCUT2D eigenvalue weighted by Gasteiger charge is 2.54. The SMILES string of the molecule is CC(=O)N1c2nc(-c3ccccc3C)nn2C2(CCCCC2)[C@@H]2CCCC[C@@H]21. The largest absolute Gasteiger partial charge is 0.278 e. The lowest BCUT2D eigenvalue weighted by molar-refractivity contribution is -0.118. The molecule has 148 valence electrons. The number of benzene rings is 1. The molecule has 2 atom stereocenters. The number of anilines is 1. The van der Waals surface area contributed by atoms with Gasteiger partial charge in [0.15, 0.2) is 5.82 Å². The van der Waals surface area contributed by atoms with Crippen LogP contribution in [-0.2, 0) is 10.3 Å². The van der Waals surface area contributed by atoms with E-state index in [0.29, 0.717) is 5.92 Å². The van der Waals surface area contributed by atoms with Gasteiger partial charge in [-0.2, -0.15) is 4.98 Å². The summed E-state index contributed by atoms with van der Waals surface area (Å²) in [6.45, 7) is 3.80. The summed E-state index contributed by atoms with van der Waals surface area (Å²) < 4.78 is 2.20. The van der Waals surface area contributed by atoms with Crippen molar-refractivity contribution in [2.24, 2.45) is 5.92 Å². The van der Waals surface area contributed by atoms with E-state index in [9.17, 15) is 4.79 Å². The lowest BCUT2D eigenvalue weighted by Crippen LogP contribution is -2.61. The summed E-state index contributed by atoms with van der Waals surface area (Å²) in [5.74, 6) is 2.16. The molecular weight excluding hydrogens is 348 g/mol. The van der Waals surface area contributed by atoms with Crippen LogP contribution in [0.25, 0.3) is 11.4 Å². The average Bonchev–Trinajstić information content (AvgIpc) is 3.15. The van der Waals surface area contributed by atoms with E-state index in [1.54, 1.807) is 6.92 Å². The molecule has 5 rings (SSSR count). The third kappa shape index (κ3) is 2.55. The van der Waals surface area contributed by atoms with E-state index in [1.807, 2.05) is 17.0 Å². The molecular formula is C23H30N4O. The topological polar surface area (TPSA) is 51.0 Å². The minimum absolute atomic E-state index is 0.0402. The molecule has 2 saturated carbocycles. The van der Waals surface area contributed by atoms with Crippen LogP contribution in [0, 0.1) is 12.8 Å². The summed E-state index contributed by atoms with van der Waals surface area (Å²) in [7, 11) is 0. The Labute approximate surface area is 167 Å². The van der Waals surface area contributed by atoms with Crippen LogP contribution < -0.4 is 4.90 Å². The molecule has 28 heavy (non-hydrogen) atoms. The van der Waals surface area contributed by atoms with Crippen LogP contribution in [0.4, 0.5) is 5.95 Å². The first-order chi connectivity index (χ1) is 13.6. The normalized spacial score (nSPS) is 26.0. The van der Waals surface area contributed by atoms with E-state index in [-0.39, 0.29) is 17.5 Å². The number of hydrogen-bond acceptors (Lipinski definition) is 3. The molecule has 0 unspecified atom stereocenters. The van der Waals surface area contributed by atoms with Gasteiger partial charge in [0.25, 0.3) is 0 Å². The fourth-order valence-electron chi connectivity index (χ4n) is 6.17. The van der Waals surface area contributed by atoms with Gasteiger partial charge in [0, 0.05) is 24.4 Å². The predicted octanol–water partition coefficient (Wildman–Crippen LogP) is 4.84. The van der Waals surface area contributed by atoms with E-state index < -0.39 is 0 Å². The van der Waals surface area contributed by atoms with Crippen LogP contribution in [0.1, 0.15) is 70.3 Å². The monoisotopic (exact) mass is 378 g/mol. The third-order valence-electron chi connectivity index (χ3n) is 7.42. The van der Waals surface area contributed by atoms with Crippen molar-refractivity contribution in [3.8, 4) is 11.4 Å². The van der Waals surface area contributed by atoms with E-state index in [2.05, 4.69) is 23.7 Å². The molecule has 1 amide bonds. The Bertz CT molecular complexity index is 896. The van der Waals surface area contributed by atoms with Gasteiger partial charge < -0.3 is 0 Å². The number of aryl methyl sites for hydroxylation is 1. The number of carbonyl (C=O) groups excluding carboxylic acids is 1. The Balaban J connectivity index is 1.72. The van der Waals surface area contributed by atoms with Crippen LogP contribution in [-0.4, -0.2) is 26.7 Å². The van der Waals surface area contributed by atoms with E-state index in [1.165, 1.54) is 56.9 Å². The first-order valence-corrected chi connectivity index (χ1v) is 11.0. The number of fused-ring (bicyclic) bond motifs is 4. The highest BCUT2D eigenvalue weighted by Crippen LogP contribution is 2.53. The Morgan fingerprint density at radius 2 is 1.82 bits per heavy atom. The van der Waals surface area contributed by atoms with Crippen LogP contribution in [0.5, 0.6) is 0 Å². The van der Waals surface area contributed by atoms with Crippen molar-refractivity contribution < 1.29 is 4.79 Å². The second-order valence-corrected chi connectivity index (χ2v) is 8.97. The Kier molecular flexibility index (Phi) is 4.29. The maximum Gasteiger partial charge on any atom is 0.231 e. The highest BCUT2D eigenvalue weighted by atomic mass is 16.2. The summed E-state index contributed by atoms with van der Waals surface area (Å²) >= 11 is 0. The molecule has 3 aliphatic rings. The molecule has 1 spiro atoms. The van der Waals surface area contributed by atoms with Crippen LogP contribution in [0.15, 0.2) is 24.3 Å². The minimum Gasteiger partial charge on any atom is -0.278 e. The smallest absolute Gasteiger partial charge is 0.231 e. The Hall–Kier alpha value is -2.17. The highest BCUT2D eigenvalue weighted by molar-refractivity contribution is 5.91. The summed E-state index contributed by atoms with van der Waals surface area (Å²) in [6.07, 6.45) is 10.9. The number of aromatic nitrogens is 3. The summed E-state index contributed by atoms with van der Waals surface area (Å²) in [6, 6.07) is 8.57. The average molecular weight is 379 g/mol. The number of amides is 1. The molecule has 1 aromatic carbocycles. The predicted molar refractivity (Wildman–Crippen MR) is 110 cm³/mol. The fraction of sp³-hybridized carbons (Fsp3) is 0.609. The molecule has 2 heterocycles. The second kappa shape index (κ2) is 6.71. The maximum atomic E-state index is 12.7. The Morgan fingerprint density at radius 3 is 2.57 bits per heavy atom. The lowest BCUT2D eigenvalue weighted by atomic mass is 9.64. The first-order valence-electron chi connectivity index (χ1n) is 11.0. The van der Waals surface area contributed by atoms with Crippen molar-refractivity contribution in [1.29, 1.82) is 0 Å². The minimum atomic E-state index is 0.0402. The number of nitrogens with zero attached hydrogens (tertiary/aromatic N) is 4. The van der Waals surface area contributed by atoms with Gasteiger partial charge in [-0.3, -0.25) is 9.69 Å². The summed E-state index contributed by atoms with van der Waals surface area (Å²) in [4.78, 5) is 19.7. The molecule has 0 N–H and O–H groups in total.